The first-order chi connectivity index (χ1) is 34.2. The van der Waals surface area contributed by atoms with Crippen LogP contribution in [-0.4, -0.2) is 19.5 Å². The minimum absolute atomic E-state index is 0.619. The number of rotatable bonds is 9. The van der Waals surface area contributed by atoms with E-state index in [1.807, 2.05) is 36.4 Å². The predicted molar refractivity (Wildman–Crippen MR) is 282 cm³/mol. The molecule has 1 atom stereocenters. The monoisotopic (exact) mass is 881 g/mol. The molecule has 1 unspecified atom stereocenters. The van der Waals surface area contributed by atoms with Crippen molar-refractivity contribution >= 4 is 38.9 Å². The van der Waals surface area contributed by atoms with Crippen molar-refractivity contribution in [3.63, 3.8) is 0 Å². The van der Waals surface area contributed by atoms with E-state index in [4.69, 9.17) is 15.0 Å². The Labute approximate surface area is 401 Å². The topological polar surface area (TPSA) is 46.8 Å². The lowest BCUT2D eigenvalue weighted by atomic mass is 9.67. The van der Waals surface area contributed by atoms with Crippen LogP contribution in [0.3, 0.4) is 0 Å². The lowest BCUT2D eigenvalue weighted by Gasteiger charge is -2.35. The van der Waals surface area contributed by atoms with E-state index >= 15 is 0 Å². The van der Waals surface area contributed by atoms with Gasteiger partial charge in [0, 0.05) is 50.2 Å². The molecule has 0 N–H and O–H groups in total. The van der Waals surface area contributed by atoms with Crippen molar-refractivity contribution in [1.82, 2.24) is 19.5 Å². The second-order valence-corrected chi connectivity index (χ2v) is 17.6. The molecule has 0 fully saturated rings. The van der Waals surface area contributed by atoms with Crippen LogP contribution in [0.4, 0.5) is 17.1 Å². The van der Waals surface area contributed by atoms with Gasteiger partial charge in [-0.3, -0.25) is 0 Å². The van der Waals surface area contributed by atoms with Gasteiger partial charge in [-0.15, -0.1) is 0 Å². The Kier molecular flexibility index (Phi) is 9.65. The fraction of sp³-hybridized carbons (Fsp3) is 0.0156. The van der Waals surface area contributed by atoms with E-state index < -0.39 is 5.41 Å². The molecular weight excluding hydrogens is 839 g/mol. The molecule has 0 bridgehead atoms. The summed E-state index contributed by atoms with van der Waals surface area (Å²) in [5.74, 6) is 1.88. The van der Waals surface area contributed by atoms with E-state index in [0.717, 1.165) is 50.6 Å². The van der Waals surface area contributed by atoms with Crippen LogP contribution in [0.1, 0.15) is 22.3 Å². The SMILES string of the molecule is c1ccc(-c2nc(-c3ccccc3)nc(-c3ccc4c(c3)C(c3ccc(N(c5ccccc5)c5ccccc5)cc3)(c3ccc(-n5c6ccccc6c6ccccc65)cc3)c3ccccc3-4)n2)cc1. The number of anilines is 3. The fourth-order valence-electron chi connectivity index (χ4n) is 10.7. The molecule has 12 aromatic rings. The molecule has 2 aromatic heterocycles. The summed E-state index contributed by atoms with van der Waals surface area (Å²) in [7, 11) is 0. The Bertz CT molecular complexity index is 3660. The normalized spacial score (nSPS) is 13.9. The zero-order valence-electron chi connectivity index (χ0n) is 37.6. The van der Waals surface area contributed by atoms with Crippen molar-refractivity contribution in [3.05, 3.63) is 283 Å². The van der Waals surface area contributed by atoms with Gasteiger partial charge in [-0.25, -0.2) is 15.0 Å². The Balaban J connectivity index is 1.04. The number of nitrogens with zero attached hydrogens (tertiary/aromatic N) is 5. The van der Waals surface area contributed by atoms with Gasteiger partial charge in [0.25, 0.3) is 0 Å². The molecule has 69 heavy (non-hydrogen) atoms. The molecule has 0 saturated carbocycles. The fourth-order valence-corrected chi connectivity index (χ4v) is 10.7. The molecule has 0 aliphatic heterocycles. The van der Waals surface area contributed by atoms with Crippen LogP contribution in [0.5, 0.6) is 0 Å². The van der Waals surface area contributed by atoms with Crippen LogP contribution in [0.15, 0.2) is 261 Å². The third kappa shape index (κ3) is 6.66. The highest BCUT2D eigenvalue weighted by molar-refractivity contribution is 6.09. The predicted octanol–water partition coefficient (Wildman–Crippen LogP) is 15.8. The molecule has 0 amide bonds. The van der Waals surface area contributed by atoms with Gasteiger partial charge in [-0.05, 0) is 100 Å². The molecule has 13 rings (SSSR count). The maximum Gasteiger partial charge on any atom is 0.164 e. The summed E-state index contributed by atoms with van der Waals surface area (Å²) in [6.45, 7) is 0. The maximum atomic E-state index is 5.22. The number of hydrogen-bond donors (Lipinski definition) is 0. The number of hydrogen-bond acceptors (Lipinski definition) is 4. The molecule has 0 radical (unpaired) electrons. The highest BCUT2D eigenvalue weighted by Gasteiger charge is 2.46. The first-order valence-electron chi connectivity index (χ1n) is 23.4. The van der Waals surface area contributed by atoms with Crippen LogP contribution < -0.4 is 4.90 Å². The van der Waals surface area contributed by atoms with Crippen LogP contribution in [0, 0.1) is 0 Å². The van der Waals surface area contributed by atoms with Gasteiger partial charge in [0.1, 0.15) is 0 Å². The van der Waals surface area contributed by atoms with Crippen LogP contribution in [-0.2, 0) is 5.41 Å². The molecule has 0 saturated heterocycles. The smallest absolute Gasteiger partial charge is 0.164 e. The Morgan fingerprint density at radius 2 is 0.739 bits per heavy atom. The van der Waals surface area contributed by atoms with Crippen molar-refractivity contribution in [2.24, 2.45) is 0 Å². The molecule has 1 aliphatic carbocycles. The maximum absolute atomic E-state index is 5.22. The molecule has 5 nitrogen and oxygen atoms in total. The standard InChI is InChI=1S/C64H43N5/c1-5-19-44(20-6-1)61-65-62(45-21-7-2-8-22-45)67-63(66-61)46-33-42-54-53-27-13-16-30-57(53)64(58(54)43-46,47-34-38-51(39-35-47)68(49-23-9-3-10-24-49)50-25-11-4-12-26-50)48-36-40-52(41-37-48)69-59-31-17-14-28-55(59)56-29-15-18-32-60(56)69/h1-43H. The summed E-state index contributed by atoms with van der Waals surface area (Å²) in [6, 6.07) is 93.2. The van der Waals surface area contributed by atoms with Crippen molar-refractivity contribution in [1.29, 1.82) is 0 Å². The highest BCUT2D eigenvalue weighted by atomic mass is 15.1. The molecule has 10 aromatic carbocycles. The molecule has 0 spiro atoms. The van der Waals surface area contributed by atoms with Gasteiger partial charge in [0.15, 0.2) is 17.5 Å². The second kappa shape index (κ2) is 16.6. The van der Waals surface area contributed by atoms with E-state index in [0.29, 0.717) is 17.5 Å². The van der Waals surface area contributed by atoms with E-state index in [-0.39, 0.29) is 0 Å². The van der Waals surface area contributed by atoms with Gasteiger partial charge < -0.3 is 9.47 Å². The van der Waals surface area contributed by atoms with Gasteiger partial charge in [-0.1, -0.05) is 194 Å². The van der Waals surface area contributed by atoms with Crippen LogP contribution in [0.25, 0.3) is 72.8 Å². The second-order valence-electron chi connectivity index (χ2n) is 17.6. The van der Waals surface area contributed by atoms with Crippen molar-refractivity contribution < 1.29 is 0 Å². The molecule has 2 heterocycles. The minimum Gasteiger partial charge on any atom is -0.311 e. The van der Waals surface area contributed by atoms with E-state index in [1.165, 1.54) is 44.1 Å². The molecule has 1 aliphatic rings. The Morgan fingerprint density at radius 1 is 0.319 bits per heavy atom. The lowest BCUT2D eigenvalue weighted by molar-refractivity contribution is 0.768. The summed E-state index contributed by atoms with van der Waals surface area (Å²) < 4.78 is 2.39. The molecule has 5 heteroatoms. The minimum atomic E-state index is -0.721. The number of para-hydroxylation sites is 4. The van der Waals surface area contributed by atoms with Gasteiger partial charge in [0.05, 0.1) is 16.4 Å². The zero-order chi connectivity index (χ0) is 45.7. The Hall–Kier alpha value is -9.19. The van der Waals surface area contributed by atoms with Gasteiger partial charge in [-0.2, -0.15) is 0 Å². The molecular formula is C64H43N5. The molecule has 324 valence electrons. The average Bonchev–Trinajstić information content (AvgIpc) is 3.93. The van der Waals surface area contributed by atoms with Gasteiger partial charge >= 0.3 is 0 Å². The summed E-state index contributed by atoms with van der Waals surface area (Å²) in [4.78, 5) is 17.8. The zero-order valence-corrected chi connectivity index (χ0v) is 37.6. The van der Waals surface area contributed by atoms with Gasteiger partial charge in [0.2, 0.25) is 0 Å². The van der Waals surface area contributed by atoms with Crippen molar-refractivity contribution in [2.75, 3.05) is 4.90 Å². The first-order valence-corrected chi connectivity index (χ1v) is 23.4. The third-order valence-corrected chi connectivity index (χ3v) is 13.7. The summed E-state index contributed by atoms with van der Waals surface area (Å²) in [5, 5.41) is 2.48. The van der Waals surface area contributed by atoms with Crippen LogP contribution >= 0.6 is 0 Å². The van der Waals surface area contributed by atoms with Crippen molar-refractivity contribution in [3.8, 4) is 51.0 Å². The quantitative estimate of drug-likeness (QED) is 0.145. The van der Waals surface area contributed by atoms with Crippen LogP contribution in [0.2, 0.25) is 0 Å². The van der Waals surface area contributed by atoms with E-state index in [2.05, 4.69) is 234 Å². The summed E-state index contributed by atoms with van der Waals surface area (Å²) in [5.41, 5.74) is 15.9. The average molecular weight is 882 g/mol. The lowest BCUT2D eigenvalue weighted by Crippen LogP contribution is -2.28. The number of benzene rings is 10. The number of aromatic nitrogens is 4. The van der Waals surface area contributed by atoms with E-state index in [9.17, 15) is 0 Å². The van der Waals surface area contributed by atoms with Crippen molar-refractivity contribution in [2.45, 2.75) is 5.41 Å². The van der Waals surface area contributed by atoms with E-state index in [1.54, 1.807) is 0 Å². The first kappa shape index (κ1) is 40.1. The highest BCUT2D eigenvalue weighted by Crippen LogP contribution is 2.57. The largest absolute Gasteiger partial charge is 0.311 e. The summed E-state index contributed by atoms with van der Waals surface area (Å²) in [6.07, 6.45) is 0. The Morgan fingerprint density at radius 3 is 1.29 bits per heavy atom. The number of fused-ring (bicyclic) bond motifs is 6. The third-order valence-electron chi connectivity index (χ3n) is 13.7. The summed E-state index contributed by atoms with van der Waals surface area (Å²) >= 11 is 0.